The van der Waals surface area contributed by atoms with Crippen molar-refractivity contribution in [1.82, 2.24) is 9.13 Å². The number of hydrogen-bond acceptors (Lipinski definition) is 10. The Morgan fingerprint density at radius 3 is 1.82 bits per heavy atom. The normalized spacial score (nSPS) is 10.4. The van der Waals surface area contributed by atoms with E-state index in [1.165, 1.54) is 14.1 Å². The molecule has 1 heterocycles. The molecule has 204 valence electrons. The first-order chi connectivity index (χ1) is 18.4. The third-order valence-electron chi connectivity index (χ3n) is 5.12. The van der Waals surface area contributed by atoms with Gasteiger partial charge in [0.2, 0.25) is 5.75 Å². The third kappa shape index (κ3) is 5.79. The van der Waals surface area contributed by atoms with E-state index >= 15 is 0 Å². The largest absolute Gasteiger partial charge is 0.464 e. The maximum absolute atomic E-state index is 13.4. The quantitative estimate of drug-likeness (QED) is 0.332. The van der Waals surface area contributed by atoms with E-state index in [0.717, 1.165) is 37.5 Å². The molecule has 0 fully saturated rings. The highest BCUT2D eigenvalue weighted by Gasteiger charge is 2.31. The van der Waals surface area contributed by atoms with Crippen LogP contribution in [0.3, 0.4) is 0 Å². The number of rotatable bonds is 7. The van der Waals surface area contributed by atoms with Crippen molar-refractivity contribution in [1.29, 1.82) is 0 Å². The number of benzene rings is 2. The van der Waals surface area contributed by atoms with Gasteiger partial charge in [-0.25, -0.2) is 19.1 Å². The van der Waals surface area contributed by atoms with Crippen LogP contribution < -0.4 is 35.7 Å². The summed E-state index contributed by atoms with van der Waals surface area (Å²) in [5, 5.41) is 13.0. The van der Waals surface area contributed by atoms with E-state index < -0.39 is 58.2 Å². The van der Waals surface area contributed by atoms with Crippen LogP contribution in [-0.2, 0) is 21.4 Å². The Balaban J connectivity index is 2.46. The van der Waals surface area contributed by atoms with E-state index in [-0.39, 0.29) is 11.5 Å². The molecular weight excluding hydrogens is 516 g/mol. The number of ether oxygens (including phenoxy) is 3. The topological polar surface area (TPSA) is 175 Å². The van der Waals surface area contributed by atoms with Crippen molar-refractivity contribution >= 4 is 41.2 Å². The Labute approximate surface area is 220 Å². The van der Waals surface area contributed by atoms with Crippen LogP contribution in [0, 0.1) is 0 Å². The minimum atomic E-state index is -1.69. The molecule has 14 heteroatoms. The number of aromatic nitrogens is 2. The van der Waals surface area contributed by atoms with Gasteiger partial charge in [-0.1, -0.05) is 18.2 Å². The first-order valence-corrected chi connectivity index (χ1v) is 11.2. The highest BCUT2D eigenvalue weighted by molar-refractivity contribution is 5.99. The molecule has 0 radical (unpaired) electrons. The molecule has 0 aliphatic carbocycles. The number of nitrogens with zero attached hydrogens (tertiary/aromatic N) is 3. The van der Waals surface area contributed by atoms with Gasteiger partial charge in [0, 0.05) is 47.0 Å². The minimum Gasteiger partial charge on any atom is -0.464 e. The zero-order valence-corrected chi connectivity index (χ0v) is 21.5. The smallest absolute Gasteiger partial charge is 0.416 e. The van der Waals surface area contributed by atoms with Crippen LogP contribution in [0.4, 0.5) is 22.0 Å². The Hall–Kier alpha value is -5.40. The second-order valence-electron chi connectivity index (χ2n) is 7.93. The van der Waals surface area contributed by atoms with Crippen molar-refractivity contribution in [2.45, 2.75) is 20.8 Å². The summed E-state index contributed by atoms with van der Waals surface area (Å²) in [5.74, 6) is -4.22. The lowest BCUT2D eigenvalue weighted by Crippen LogP contribution is -2.43. The van der Waals surface area contributed by atoms with Gasteiger partial charge in [0.25, 0.3) is 5.56 Å². The monoisotopic (exact) mass is 540 g/mol. The number of para-hydroxylation sites is 1. The Bertz CT molecular complexity index is 1550. The van der Waals surface area contributed by atoms with Gasteiger partial charge in [0.15, 0.2) is 17.2 Å². The molecule has 14 nitrogen and oxygen atoms in total. The fourth-order valence-corrected chi connectivity index (χ4v) is 3.68. The van der Waals surface area contributed by atoms with Gasteiger partial charge in [-0.3, -0.25) is 23.7 Å². The fourth-order valence-electron chi connectivity index (χ4n) is 3.68. The molecule has 3 aromatic rings. The summed E-state index contributed by atoms with van der Waals surface area (Å²) < 4.78 is 17.1. The number of hydrogen-bond donors (Lipinski definition) is 2. The van der Waals surface area contributed by atoms with E-state index in [9.17, 15) is 33.9 Å². The van der Waals surface area contributed by atoms with Crippen LogP contribution >= 0.6 is 0 Å². The van der Waals surface area contributed by atoms with Gasteiger partial charge < -0.3 is 24.6 Å². The molecule has 2 N–H and O–H groups in total. The molecule has 0 aliphatic rings. The fraction of sp³-hybridized carbons (Fsp3) is 0.200. The Morgan fingerprint density at radius 1 is 0.872 bits per heavy atom. The lowest BCUT2D eigenvalue weighted by Gasteiger charge is -2.25. The van der Waals surface area contributed by atoms with Gasteiger partial charge in [-0.15, -0.1) is 0 Å². The third-order valence-corrected chi connectivity index (χ3v) is 5.12. The van der Waals surface area contributed by atoms with Crippen molar-refractivity contribution in [3.63, 3.8) is 0 Å². The van der Waals surface area contributed by atoms with Crippen LogP contribution in [-0.4, -0.2) is 45.3 Å². The lowest BCUT2D eigenvalue weighted by molar-refractivity contribution is -0.135. The molecule has 1 aromatic heterocycles. The number of anilines is 3. The molecule has 39 heavy (non-hydrogen) atoms. The van der Waals surface area contributed by atoms with Crippen LogP contribution in [0.2, 0.25) is 0 Å². The van der Waals surface area contributed by atoms with Crippen molar-refractivity contribution in [2.75, 3.05) is 17.3 Å². The number of carboxylic acid groups (broad SMARTS) is 1. The zero-order chi connectivity index (χ0) is 29.0. The number of carbonyl (C=O) groups excluding carboxylic acids is 3. The molecule has 0 saturated heterocycles. The molecule has 2 aromatic carbocycles. The molecule has 0 unspecified atom stereocenters. The van der Waals surface area contributed by atoms with Crippen LogP contribution in [0.15, 0.2) is 52.1 Å². The van der Waals surface area contributed by atoms with Gasteiger partial charge in [-0.2, -0.15) is 0 Å². The van der Waals surface area contributed by atoms with E-state index in [0.29, 0.717) is 15.2 Å². The molecule has 0 saturated carbocycles. The predicted octanol–water partition coefficient (Wildman–Crippen LogP) is 2.17. The average Bonchev–Trinajstić information content (AvgIpc) is 2.85. The van der Waals surface area contributed by atoms with Crippen LogP contribution in [0.1, 0.15) is 20.8 Å². The molecule has 0 atom stereocenters. The van der Waals surface area contributed by atoms with Crippen molar-refractivity contribution in [3.8, 4) is 22.9 Å². The second kappa shape index (κ2) is 11.3. The minimum absolute atomic E-state index is 0.191. The standard InChI is InChI=1S/C25H24N4O10/c1-13(30)37-18-11-17(12-19(38-14(2)31)21(18)39-15(3)32)28(25(35)36)20-22(26-4)29(16-9-7-6-8-10-16)24(34)27(5)23(20)33/h6-12,26H,1-5H3,(H,35,36). The highest BCUT2D eigenvalue weighted by atomic mass is 16.6. The molecule has 3 rings (SSSR count). The summed E-state index contributed by atoms with van der Waals surface area (Å²) in [6, 6.07) is 10.1. The van der Waals surface area contributed by atoms with Gasteiger partial charge in [-0.05, 0) is 12.1 Å². The molecule has 0 aliphatic heterocycles. The number of amides is 1. The van der Waals surface area contributed by atoms with Crippen molar-refractivity contribution in [3.05, 3.63) is 63.3 Å². The second-order valence-corrected chi connectivity index (χ2v) is 7.93. The van der Waals surface area contributed by atoms with E-state index in [1.807, 2.05) is 0 Å². The lowest BCUT2D eigenvalue weighted by atomic mass is 10.2. The average molecular weight is 540 g/mol. The SMILES string of the molecule is CNc1c(N(C(=O)O)c2cc(OC(C)=O)c(OC(C)=O)c(OC(C)=O)c2)c(=O)n(C)c(=O)n1-c1ccccc1. The van der Waals surface area contributed by atoms with Gasteiger partial charge in [0.1, 0.15) is 5.82 Å². The first kappa shape index (κ1) is 28.2. The van der Waals surface area contributed by atoms with E-state index in [4.69, 9.17) is 14.2 Å². The van der Waals surface area contributed by atoms with Crippen molar-refractivity contribution in [2.24, 2.45) is 7.05 Å². The summed E-state index contributed by atoms with van der Waals surface area (Å²) in [4.78, 5) is 75.0. The van der Waals surface area contributed by atoms with E-state index in [1.54, 1.807) is 30.3 Å². The molecule has 0 bridgehead atoms. The number of carbonyl (C=O) groups is 4. The van der Waals surface area contributed by atoms with Crippen molar-refractivity contribution < 1.29 is 38.5 Å². The van der Waals surface area contributed by atoms with Crippen LogP contribution in [0.5, 0.6) is 17.2 Å². The van der Waals surface area contributed by atoms with Gasteiger partial charge in [0.05, 0.1) is 11.4 Å². The molecular formula is C25H24N4O10. The summed E-state index contributed by atoms with van der Waals surface area (Å²) in [7, 11) is 2.56. The summed E-state index contributed by atoms with van der Waals surface area (Å²) in [6.45, 7) is 3.12. The van der Waals surface area contributed by atoms with Gasteiger partial charge >= 0.3 is 29.7 Å². The summed E-state index contributed by atoms with van der Waals surface area (Å²) in [6.07, 6.45) is -1.69. The Morgan fingerprint density at radius 2 is 1.38 bits per heavy atom. The maximum atomic E-state index is 13.4. The zero-order valence-electron chi connectivity index (χ0n) is 21.5. The van der Waals surface area contributed by atoms with Crippen LogP contribution in [0.25, 0.3) is 5.69 Å². The number of nitrogens with one attached hydrogen (secondary N) is 1. The maximum Gasteiger partial charge on any atom is 0.416 e. The summed E-state index contributed by atoms with van der Waals surface area (Å²) >= 11 is 0. The number of esters is 3. The summed E-state index contributed by atoms with van der Waals surface area (Å²) in [5.41, 5.74) is -2.31. The predicted molar refractivity (Wildman–Crippen MR) is 137 cm³/mol. The Kier molecular flexibility index (Phi) is 8.19. The highest BCUT2D eigenvalue weighted by Crippen LogP contribution is 2.44. The first-order valence-electron chi connectivity index (χ1n) is 11.2. The molecule has 0 spiro atoms. The van der Waals surface area contributed by atoms with E-state index in [2.05, 4.69) is 5.32 Å². The molecule has 1 amide bonds.